The number of carbonyl (C=O) groups excluding carboxylic acids is 3. The van der Waals surface area contributed by atoms with E-state index in [9.17, 15) is 14.4 Å². The Kier molecular flexibility index (Phi) is 8.49. The zero-order valence-corrected chi connectivity index (χ0v) is 18.3. The third-order valence-corrected chi connectivity index (χ3v) is 5.80. The lowest BCUT2D eigenvalue weighted by Crippen LogP contribution is -2.42. The van der Waals surface area contributed by atoms with Gasteiger partial charge >= 0.3 is 11.8 Å². The van der Waals surface area contributed by atoms with Crippen LogP contribution in [0, 0.1) is 0 Å². The van der Waals surface area contributed by atoms with Crippen molar-refractivity contribution in [1.82, 2.24) is 10.2 Å². The van der Waals surface area contributed by atoms with Crippen LogP contribution in [0.2, 0.25) is 0 Å². The van der Waals surface area contributed by atoms with Gasteiger partial charge in [0.1, 0.15) is 6.10 Å². The van der Waals surface area contributed by atoms with Gasteiger partial charge in [-0.25, -0.2) is 0 Å². The van der Waals surface area contributed by atoms with Gasteiger partial charge in [-0.05, 0) is 30.4 Å². The highest BCUT2D eigenvalue weighted by molar-refractivity contribution is 7.98. The number of benzene rings is 2. The number of nitrogens with zero attached hydrogens (tertiary/aromatic N) is 1. The molecule has 31 heavy (non-hydrogen) atoms. The van der Waals surface area contributed by atoms with Crippen molar-refractivity contribution in [3.05, 3.63) is 60.2 Å². The number of amides is 3. The maximum Gasteiger partial charge on any atom is 0.313 e. The Balaban J connectivity index is 1.39. The van der Waals surface area contributed by atoms with E-state index in [1.54, 1.807) is 17.0 Å². The molecule has 1 fully saturated rings. The largest absolute Gasteiger partial charge is 0.370 e. The molecule has 3 rings (SSSR count). The average molecular weight is 442 g/mol. The van der Waals surface area contributed by atoms with E-state index in [1.807, 2.05) is 48.7 Å². The molecule has 1 heterocycles. The number of morpholine rings is 1. The number of rotatable bonds is 7. The van der Waals surface area contributed by atoms with Crippen molar-refractivity contribution in [2.24, 2.45) is 0 Å². The molecule has 0 bridgehead atoms. The molecule has 3 amide bonds. The highest BCUT2D eigenvalue weighted by Crippen LogP contribution is 2.24. The van der Waals surface area contributed by atoms with Gasteiger partial charge < -0.3 is 20.3 Å². The summed E-state index contributed by atoms with van der Waals surface area (Å²) in [6.07, 6.45) is 2.55. The van der Waals surface area contributed by atoms with Gasteiger partial charge in [0.25, 0.3) is 0 Å². The van der Waals surface area contributed by atoms with E-state index in [0.29, 0.717) is 38.2 Å². The van der Waals surface area contributed by atoms with Gasteiger partial charge in [-0.15, -0.1) is 11.8 Å². The smallest absolute Gasteiger partial charge is 0.313 e. The van der Waals surface area contributed by atoms with Crippen molar-refractivity contribution >= 4 is 35.2 Å². The maximum atomic E-state index is 12.5. The standard InChI is InChI=1S/C23H27N3O4S/c1-31-20-11-6-5-10-18(20)25-23(29)22(28)24-13-7-12-21(27)26-14-15-30-19(16-26)17-8-3-2-4-9-17/h2-6,8-11,19H,7,12-16H2,1H3,(H,24,28)(H,25,29). The zero-order valence-electron chi connectivity index (χ0n) is 17.5. The topological polar surface area (TPSA) is 87.7 Å². The summed E-state index contributed by atoms with van der Waals surface area (Å²) in [5, 5.41) is 5.20. The molecule has 0 aromatic heterocycles. The van der Waals surface area contributed by atoms with Crippen molar-refractivity contribution in [3.8, 4) is 0 Å². The fraction of sp³-hybridized carbons (Fsp3) is 0.348. The average Bonchev–Trinajstić information content (AvgIpc) is 2.82. The number of hydrogen-bond acceptors (Lipinski definition) is 5. The number of carbonyl (C=O) groups is 3. The summed E-state index contributed by atoms with van der Waals surface area (Å²) in [6, 6.07) is 17.1. The van der Waals surface area contributed by atoms with Crippen molar-refractivity contribution < 1.29 is 19.1 Å². The Hall–Kier alpha value is -2.84. The zero-order chi connectivity index (χ0) is 22.1. The van der Waals surface area contributed by atoms with E-state index in [0.717, 1.165) is 10.5 Å². The Morgan fingerprint density at radius 3 is 2.58 bits per heavy atom. The van der Waals surface area contributed by atoms with Gasteiger partial charge in [0.05, 0.1) is 18.8 Å². The lowest BCUT2D eigenvalue weighted by atomic mass is 10.1. The molecule has 1 aliphatic heterocycles. The van der Waals surface area contributed by atoms with E-state index in [2.05, 4.69) is 10.6 Å². The minimum absolute atomic E-state index is 0.0248. The molecule has 1 saturated heterocycles. The molecule has 0 saturated carbocycles. The third-order valence-electron chi connectivity index (χ3n) is 5.00. The SMILES string of the molecule is CSc1ccccc1NC(=O)C(=O)NCCCC(=O)N1CCOC(c2ccccc2)C1. The summed E-state index contributed by atoms with van der Waals surface area (Å²) >= 11 is 1.49. The molecule has 8 heteroatoms. The lowest BCUT2D eigenvalue weighted by Gasteiger charge is -2.33. The molecule has 1 unspecified atom stereocenters. The number of thioether (sulfide) groups is 1. The Labute approximate surface area is 186 Å². The van der Waals surface area contributed by atoms with Crippen LogP contribution in [0.25, 0.3) is 0 Å². The molecular weight excluding hydrogens is 414 g/mol. The molecule has 1 aliphatic rings. The van der Waals surface area contributed by atoms with Crippen LogP contribution < -0.4 is 10.6 Å². The van der Waals surface area contributed by atoms with Crippen LogP contribution in [-0.4, -0.2) is 55.1 Å². The van der Waals surface area contributed by atoms with Gasteiger partial charge in [-0.2, -0.15) is 0 Å². The highest BCUT2D eigenvalue weighted by Gasteiger charge is 2.25. The fourth-order valence-corrected chi connectivity index (χ4v) is 3.91. The minimum atomic E-state index is -0.716. The van der Waals surface area contributed by atoms with Crippen LogP contribution >= 0.6 is 11.8 Å². The van der Waals surface area contributed by atoms with Crippen LogP contribution in [-0.2, 0) is 19.1 Å². The molecule has 0 radical (unpaired) electrons. The van der Waals surface area contributed by atoms with E-state index >= 15 is 0 Å². The Morgan fingerprint density at radius 2 is 1.81 bits per heavy atom. The van der Waals surface area contributed by atoms with Crippen LogP contribution in [0.15, 0.2) is 59.5 Å². The summed E-state index contributed by atoms with van der Waals surface area (Å²) in [5.74, 6) is -1.40. The van der Waals surface area contributed by atoms with Gasteiger partial charge in [-0.3, -0.25) is 14.4 Å². The number of nitrogens with one attached hydrogen (secondary N) is 2. The van der Waals surface area contributed by atoms with Crippen molar-refractivity contribution in [2.75, 3.05) is 37.8 Å². The third kappa shape index (κ3) is 6.57. The molecule has 164 valence electrons. The van der Waals surface area contributed by atoms with Crippen molar-refractivity contribution in [1.29, 1.82) is 0 Å². The lowest BCUT2D eigenvalue weighted by molar-refractivity contribution is -0.139. The molecular formula is C23H27N3O4S. The summed E-state index contributed by atoms with van der Waals surface area (Å²) in [5.41, 5.74) is 1.66. The van der Waals surface area contributed by atoms with Gasteiger partial charge in [0.2, 0.25) is 5.91 Å². The molecule has 2 aromatic carbocycles. The summed E-state index contributed by atoms with van der Waals surface area (Å²) in [6.45, 7) is 1.84. The first-order chi connectivity index (χ1) is 15.1. The molecule has 2 N–H and O–H groups in total. The number of para-hydroxylation sites is 1. The van der Waals surface area contributed by atoms with Gasteiger partial charge in [0, 0.05) is 24.4 Å². The first-order valence-corrected chi connectivity index (χ1v) is 11.5. The van der Waals surface area contributed by atoms with E-state index in [1.165, 1.54) is 11.8 Å². The molecule has 7 nitrogen and oxygen atoms in total. The summed E-state index contributed by atoms with van der Waals surface area (Å²) in [4.78, 5) is 39.4. The summed E-state index contributed by atoms with van der Waals surface area (Å²) in [7, 11) is 0. The van der Waals surface area contributed by atoms with Crippen LogP contribution in [0.5, 0.6) is 0 Å². The van der Waals surface area contributed by atoms with Crippen molar-refractivity contribution in [3.63, 3.8) is 0 Å². The normalized spacial score (nSPS) is 15.9. The van der Waals surface area contributed by atoms with Crippen LogP contribution in [0.1, 0.15) is 24.5 Å². The molecule has 0 aliphatic carbocycles. The molecule has 2 aromatic rings. The van der Waals surface area contributed by atoms with Crippen LogP contribution in [0.4, 0.5) is 5.69 Å². The second-order valence-electron chi connectivity index (χ2n) is 7.12. The number of hydrogen-bond donors (Lipinski definition) is 2. The fourth-order valence-electron chi connectivity index (χ4n) is 3.35. The first-order valence-electron chi connectivity index (χ1n) is 10.2. The first kappa shape index (κ1) is 22.8. The highest BCUT2D eigenvalue weighted by atomic mass is 32.2. The predicted molar refractivity (Wildman–Crippen MR) is 121 cm³/mol. The van der Waals surface area contributed by atoms with Gasteiger partial charge in [-0.1, -0.05) is 42.5 Å². The van der Waals surface area contributed by atoms with Crippen LogP contribution in [0.3, 0.4) is 0 Å². The quantitative estimate of drug-likeness (QED) is 0.392. The van der Waals surface area contributed by atoms with E-state index in [4.69, 9.17) is 4.74 Å². The number of ether oxygens (including phenoxy) is 1. The van der Waals surface area contributed by atoms with Crippen molar-refractivity contribution in [2.45, 2.75) is 23.8 Å². The Morgan fingerprint density at radius 1 is 1.06 bits per heavy atom. The number of anilines is 1. The monoisotopic (exact) mass is 441 g/mol. The summed E-state index contributed by atoms with van der Waals surface area (Å²) < 4.78 is 5.80. The predicted octanol–water partition coefficient (Wildman–Crippen LogP) is 2.84. The molecule has 1 atom stereocenters. The maximum absolute atomic E-state index is 12.5. The second kappa shape index (κ2) is 11.5. The van der Waals surface area contributed by atoms with E-state index in [-0.39, 0.29) is 18.6 Å². The minimum Gasteiger partial charge on any atom is -0.370 e. The van der Waals surface area contributed by atoms with Gasteiger partial charge in [0.15, 0.2) is 0 Å². The molecule has 0 spiro atoms. The van der Waals surface area contributed by atoms with E-state index < -0.39 is 11.8 Å². The Bertz CT molecular complexity index is 907. The second-order valence-corrected chi connectivity index (χ2v) is 7.97.